The summed E-state index contributed by atoms with van der Waals surface area (Å²) in [5.74, 6) is -1.62. The topological polar surface area (TPSA) is 202 Å². The van der Waals surface area contributed by atoms with Gasteiger partial charge in [0.05, 0.1) is 13.2 Å². The lowest BCUT2D eigenvalue weighted by atomic mass is 10.4. The Labute approximate surface area is 265 Å². The van der Waals surface area contributed by atoms with E-state index in [2.05, 4.69) is 9.47 Å². The molecule has 0 aliphatic carbocycles. The van der Waals surface area contributed by atoms with Gasteiger partial charge in [-0.2, -0.15) is 0 Å². The van der Waals surface area contributed by atoms with E-state index in [9.17, 15) is 28.8 Å². The van der Waals surface area contributed by atoms with Gasteiger partial charge in [0.2, 0.25) is 17.8 Å². The Morgan fingerprint density at radius 3 is 1.51 bits per heavy atom. The maximum atomic E-state index is 11.7. The van der Waals surface area contributed by atoms with E-state index >= 15 is 0 Å². The Morgan fingerprint density at radius 2 is 1.18 bits per heavy atom. The fourth-order valence-corrected chi connectivity index (χ4v) is 2.79. The van der Waals surface area contributed by atoms with Crippen LogP contribution < -0.4 is 0 Å². The van der Waals surface area contributed by atoms with E-state index < -0.39 is 47.9 Å². The molecule has 0 fully saturated rings. The van der Waals surface area contributed by atoms with Crippen molar-refractivity contribution in [3.63, 3.8) is 0 Å². The molecule has 1 N–H and O–H groups in total. The van der Waals surface area contributed by atoms with Gasteiger partial charge < -0.3 is 47.4 Å². The monoisotopic (exact) mass is 662 g/mol. The zero-order valence-electron chi connectivity index (χ0n) is 26.3. The molecular formula is C28H39ClN2O14. The van der Waals surface area contributed by atoms with Crippen LogP contribution in [-0.4, -0.2) is 103 Å². The summed E-state index contributed by atoms with van der Waals surface area (Å²) in [6, 6.07) is 6.11. The van der Waals surface area contributed by atoms with Gasteiger partial charge in [0.15, 0.2) is 5.56 Å². The number of amides is 2. The maximum absolute atomic E-state index is 11.7. The molecule has 252 valence electrons. The average molecular weight is 663 g/mol. The molecule has 0 aliphatic rings. The van der Waals surface area contributed by atoms with Crippen molar-refractivity contribution in [2.75, 3.05) is 40.4 Å². The summed E-state index contributed by atoms with van der Waals surface area (Å²) in [5.41, 5.74) is -0.716. The van der Waals surface area contributed by atoms with E-state index in [-0.39, 0.29) is 37.8 Å². The molecule has 2 unspecified atom stereocenters. The number of esters is 3. The van der Waals surface area contributed by atoms with Crippen molar-refractivity contribution in [3.05, 3.63) is 47.3 Å². The quantitative estimate of drug-likeness (QED) is 0.155. The first-order valence-electron chi connectivity index (χ1n) is 13.4. The van der Waals surface area contributed by atoms with Crippen LogP contribution in [0.2, 0.25) is 0 Å². The number of carbonyl (C=O) groups excluding carboxylic acids is 5. The number of likely N-dealkylation sites (N-methyl/N-ethyl adjacent to an activating group) is 2. The first-order chi connectivity index (χ1) is 21.0. The molecule has 17 heteroatoms. The zero-order chi connectivity index (χ0) is 34.7. The van der Waals surface area contributed by atoms with Crippen molar-refractivity contribution in [2.45, 2.75) is 53.4 Å². The highest BCUT2D eigenvalue weighted by atomic mass is 35.5. The van der Waals surface area contributed by atoms with Crippen molar-refractivity contribution in [2.24, 2.45) is 0 Å². The number of aryl methyl sites for hydroxylation is 2. The summed E-state index contributed by atoms with van der Waals surface area (Å²) in [4.78, 5) is 68.9. The third-order valence-electron chi connectivity index (χ3n) is 4.66. The van der Waals surface area contributed by atoms with Crippen LogP contribution in [0.4, 0.5) is 9.59 Å². The van der Waals surface area contributed by atoms with Crippen LogP contribution in [0, 0.1) is 13.8 Å². The highest BCUT2D eigenvalue weighted by Crippen LogP contribution is 2.10. The second kappa shape index (κ2) is 21.1. The lowest BCUT2D eigenvalue weighted by Crippen LogP contribution is -2.36. The molecule has 0 aromatic carbocycles. The number of carboxylic acids is 1. The Balaban J connectivity index is 0.000000715. The largest absolute Gasteiger partial charge is 0.475 e. The van der Waals surface area contributed by atoms with Gasteiger partial charge in [0, 0.05) is 21.0 Å². The van der Waals surface area contributed by atoms with Gasteiger partial charge in [-0.15, -0.1) is 0 Å². The summed E-state index contributed by atoms with van der Waals surface area (Å²) in [7, 11) is 2.79. The molecule has 0 radical (unpaired) electrons. The normalized spacial score (nSPS) is 11.1. The lowest BCUT2D eigenvalue weighted by Gasteiger charge is -2.19. The summed E-state index contributed by atoms with van der Waals surface area (Å²) in [6.07, 6.45) is -2.60. The number of halogens is 1. The smallest absolute Gasteiger partial charge is 0.413 e. The molecule has 2 atom stereocenters. The van der Waals surface area contributed by atoms with Gasteiger partial charge >= 0.3 is 36.1 Å². The second-order valence-corrected chi connectivity index (χ2v) is 9.35. The lowest BCUT2D eigenvalue weighted by molar-refractivity contribution is -0.144. The van der Waals surface area contributed by atoms with E-state index in [0.717, 1.165) is 9.80 Å². The Bertz CT molecular complexity index is 1260. The Kier molecular flexibility index (Phi) is 18.8. The van der Waals surface area contributed by atoms with Gasteiger partial charge in [-0.25, -0.2) is 19.2 Å². The minimum Gasteiger partial charge on any atom is -0.475 e. The van der Waals surface area contributed by atoms with Crippen LogP contribution in [0.15, 0.2) is 33.1 Å². The predicted octanol–water partition coefficient (Wildman–Crippen LogP) is 4.21. The van der Waals surface area contributed by atoms with Gasteiger partial charge in [-0.1, -0.05) is 11.6 Å². The molecule has 0 saturated carbocycles. The van der Waals surface area contributed by atoms with Gasteiger partial charge in [0.1, 0.15) is 24.6 Å². The van der Waals surface area contributed by atoms with Crippen LogP contribution in [0.3, 0.4) is 0 Å². The molecule has 2 rings (SSSR count). The third kappa shape index (κ3) is 17.9. The highest BCUT2D eigenvalue weighted by Gasteiger charge is 2.21. The molecular weight excluding hydrogens is 624 g/mol. The number of furan rings is 2. The minimum absolute atomic E-state index is 0.00694. The van der Waals surface area contributed by atoms with E-state index in [1.165, 1.54) is 40.1 Å². The molecule has 2 amide bonds. The summed E-state index contributed by atoms with van der Waals surface area (Å²) in [5, 5.41) is 8.30. The summed E-state index contributed by atoms with van der Waals surface area (Å²) >= 11 is 5.43. The van der Waals surface area contributed by atoms with Gasteiger partial charge in [0.25, 0.3) is 0 Å². The molecule has 0 aliphatic heterocycles. The number of hydrogen-bond acceptors (Lipinski definition) is 13. The first kappa shape index (κ1) is 40.3. The van der Waals surface area contributed by atoms with E-state index in [0.29, 0.717) is 11.5 Å². The Morgan fingerprint density at radius 1 is 0.756 bits per heavy atom. The van der Waals surface area contributed by atoms with Crippen molar-refractivity contribution >= 4 is 47.7 Å². The predicted molar refractivity (Wildman–Crippen MR) is 156 cm³/mol. The standard InChI is InChI=1S/C14H19NO7.C8H14ClNO4.C6H6O3/c1-5-19-12(16)8-15(4)14(18)22-10(3)21-13(17)11-7-6-9(2)20-11;1-4-13-7(11)5-10(3)8(12)14-6(2)9;1-4-2-3-5(9-4)6(7)8/h6-7,10H,5,8H2,1-4H3;6H,4-5H2,1-3H3;2-3H,1H3,(H,7,8). The van der Waals surface area contributed by atoms with E-state index in [1.807, 2.05) is 0 Å². The van der Waals surface area contributed by atoms with Crippen LogP contribution in [0.1, 0.15) is 60.3 Å². The fraction of sp³-hybridized carbons (Fsp3) is 0.500. The van der Waals surface area contributed by atoms with E-state index in [4.69, 9.17) is 39.8 Å². The van der Waals surface area contributed by atoms with Crippen LogP contribution in [0.5, 0.6) is 0 Å². The highest BCUT2D eigenvalue weighted by molar-refractivity contribution is 6.19. The van der Waals surface area contributed by atoms with E-state index in [1.54, 1.807) is 39.8 Å². The molecule has 2 heterocycles. The molecule has 2 aromatic heterocycles. The number of carbonyl (C=O) groups is 6. The molecule has 16 nitrogen and oxygen atoms in total. The number of ether oxygens (including phenoxy) is 5. The van der Waals surface area contributed by atoms with Crippen LogP contribution in [0.25, 0.3) is 0 Å². The van der Waals surface area contributed by atoms with Crippen molar-refractivity contribution in [1.82, 2.24) is 9.80 Å². The number of alkyl halides is 1. The SMILES string of the molecule is CCOC(=O)CN(C)C(=O)OC(C)Cl.CCOC(=O)CN(C)C(=O)OC(C)OC(=O)c1ccc(C)o1.Cc1ccc(C(=O)O)o1. The summed E-state index contributed by atoms with van der Waals surface area (Å²) < 4.78 is 33.6. The Hall–Kier alpha value is -4.73. The number of aromatic carboxylic acids is 1. The third-order valence-corrected chi connectivity index (χ3v) is 4.75. The minimum atomic E-state index is -1.13. The molecule has 0 bridgehead atoms. The van der Waals surface area contributed by atoms with Gasteiger partial charge in [-0.3, -0.25) is 9.59 Å². The van der Waals surface area contributed by atoms with Crippen LogP contribution >= 0.6 is 11.6 Å². The number of carboxylic acid groups (broad SMARTS) is 1. The molecule has 2 aromatic rings. The summed E-state index contributed by atoms with van der Waals surface area (Å²) in [6.45, 7) is 9.73. The number of hydrogen-bond donors (Lipinski definition) is 1. The average Bonchev–Trinajstić information content (AvgIpc) is 3.57. The number of rotatable bonds is 11. The van der Waals surface area contributed by atoms with Crippen molar-refractivity contribution < 1.29 is 66.4 Å². The molecule has 0 saturated heterocycles. The zero-order valence-corrected chi connectivity index (χ0v) is 27.1. The van der Waals surface area contributed by atoms with Crippen LogP contribution in [-0.2, 0) is 33.3 Å². The fourth-order valence-electron chi connectivity index (χ4n) is 2.72. The number of nitrogens with zero attached hydrogens (tertiary/aromatic N) is 2. The molecule has 0 spiro atoms. The van der Waals surface area contributed by atoms with Crippen molar-refractivity contribution in [1.29, 1.82) is 0 Å². The second-order valence-electron chi connectivity index (χ2n) is 8.73. The molecule has 45 heavy (non-hydrogen) atoms. The van der Waals surface area contributed by atoms with Gasteiger partial charge in [-0.05, 0) is 58.9 Å². The van der Waals surface area contributed by atoms with Crippen molar-refractivity contribution in [3.8, 4) is 0 Å². The first-order valence-corrected chi connectivity index (χ1v) is 13.8. The maximum Gasteiger partial charge on any atom is 0.413 e.